The van der Waals surface area contributed by atoms with Gasteiger partial charge in [0.1, 0.15) is 0 Å². The highest BCUT2D eigenvalue weighted by atomic mass is 16.5. The minimum Gasteiger partial charge on any atom is -0.378 e. The van der Waals surface area contributed by atoms with Gasteiger partial charge in [0.25, 0.3) is 5.91 Å². The number of hydrogen-bond donors (Lipinski definition) is 4. The van der Waals surface area contributed by atoms with E-state index in [1.54, 1.807) is 41.2 Å². The number of carbonyl (C=O) groups is 4. The van der Waals surface area contributed by atoms with E-state index < -0.39 is 11.8 Å². The zero-order valence-corrected chi connectivity index (χ0v) is 27.0. The molecule has 250 valence electrons. The molecule has 3 aromatic rings. The average molecular weight is 651 g/mol. The summed E-state index contributed by atoms with van der Waals surface area (Å²) in [5.74, 6) is -1.48. The van der Waals surface area contributed by atoms with Crippen molar-refractivity contribution in [3.63, 3.8) is 0 Å². The number of amides is 5. The maximum atomic E-state index is 13.7. The summed E-state index contributed by atoms with van der Waals surface area (Å²) in [5.41, 5.74) is 9.37. The molecule has 2 aliphatic heterocycles. The Morgan fingerprint density at radius 3 is 1.69 bits per heavy atom. The summed E-state index contributed by atoms with van der Waals surface area (Å²) in [6.45, 7) is 1.08. The minimum absolute atomic E-state index is 0.0127. The fourth-order valence-electron chi connectivity index (χ4n) is 7.22. The molecular weight excluding hydrogens is 608 g/mol. The molecule has 11 heteroatoms. The molecule has 3 aromatic carbocycles. The lowest BCUT2D eigenvalue weighted by molar-refractivity contribution is -0.133. The zero-order chi connectivity index (χ0) is 33.4. The first kappa shape index (κ1) is 31.8. The predicted molar refractivity (Wildman–Crippen MR) is 180 cm³/mol. The highest BCUT2D eigenvalue weighted by Crippen LogP contribution is 2.42. The van der Waals surface area contributed by atoms with Crippen molar-refractivity contribution in [1.29, 1.82) is 0 Å². The number of anilines is 1. The van der Waals surface area contributed by atoms with E-state index in [0.29, 0.717) is 24.3 Å². The molecule has 5 amide bonds. The van der Waals surface area contributed by atoms with Gasteiger partial charge < -0.3 is 36.2 Å². The Labute approximate surface area is 280 Å². The van der Waals surface area contributed by atoms with Crippen LogP contribution in [0.1, 0.15) is 46.2 Å². The van der Waals surface area contributed by atoms with Crippen molar-refractivity contribution in [3.8, 4) is 0 Å². The number of benzene rings is 3. The van der Waals surface area contributed by atoms with Crippen LogP contribution in [0.2, 0.25) is 0 Å². The molecule has 5 N–H and O–H groups in total. The Bertz CT molecular complexity index is 1580. The lowest BCUT2D eigenvalue weighted by Gasteiger charge is -2.18. The SMILES string of the molecule is CO[C@H]1CN(C(=O)Nc2ccc(C(=O)N3C[C@@H](C(=O)N[C@H]4C[C@@H]4c4ccccc4)[C@H](C(=O)N[C@H]4C[C@@H]4c4ccccc4)C3)cc2)C[C@@H]1N. The van der Waals surface area contributed by atoms with Crippen LogP contribution in [0, 0.1) is 11.8 Å². The van der Waals surface area contributed by atoms with Gasteiger partial charge in [0.15, 0.2) is 0 Å². The fourth-order valence-corrected chi connectivity index (χ4v) is 7.22. The Kier molecular flexibility index (Phi) is 8.89. The molecule has 0 aromatic heterocycles. The van der Waals surface area contributed by atoms with E-state index in [1.165, 1.54) is 11.1 Å². The molecule has 11 nitrogen and oxygen atoms in total. The van der Waals surface area contributed by atoms with Crippen LogP contribution in [-0.4, -0.2) is 91.1 Å². The highest BCUT2D eigenvalue weighted by molar-refractivity contribution is 5.98. The smallest absolute Gasteiger partial charge is 0.321 e. The van der Waals surface area contributed by atoms with Crippen LogP contribution < -0.4 is 21.7 Å². The molecule has 2 saturated heterocycles. The number of nitrogens with two attached hydrogens (primary N) is 1. The number of nitrogens with one attached hydrogen (secondary N) is 3. The van der Waals surface area contributed by atoms with Crippen LogP contribution in [0.5, 0.6) is 0 Å². The van der Waals surface area contributed by atoms with Gasteiger partial charge in [-0.25, -0.2) is 4.79 Å². The van der Waals surface area contributed by atoms with Gasteiger partial charge in [-0.15, -0.1) is 0 Å². The molecule has 0 bridgehead atoms. The molecule has 2 aliphatic carbocycles. The van der Waals surface area contributed by atoms with E-state index in [-0.39, 0.29) is 72.9 Å². The summed E-state index contributed by atoms with van der Waals surface area (Å²) in [4.78, 5) is 57.1. The molecular formula is C37H42N6O5. The van der Waals surface area contributed by atoms with Crippen molar-refractivity contribution in [2.24, 2.45) is 17.6 Å². The summed E-state index contributed by atoms with van der Waals surface area (Å²) in [6, 6.07) is 26.3. The van der Waals surface area contributed by atoms with Crippen LogP contribution in [0.4, 0.5) is 10.5 Å². The summed E-state index contributed by atoms with van der Waals surface area (Å²) in [7, 11) is 1.58. The Hall–Kier alpha value is -4.74. The maximum Gasteiger partial charge on any atom is 0.321 e. The molecule has 0 spiro atoms. The molecule has 0 unspecified atom stereocenters. The summed E-state index contributed by atoms with van der Waals surface area (Å²) in [5, 5.41) is 9.20. The molecule has 0 radical (unpaired) electrons. The van der Waals surface area contributed by atoms with Crippen LogP contribution >= 0.6 is 0 Å². The van der Waals surface area contributed by atoms with Gasteiger partial charge in [-0.05, 0) is 48.2 Å². The van der Waals surface area contributed by atoms with Gasteiger partial charge in [-0.3, -0.25) is 14.4 Å². The number of likely N-dealkylation sites (tertiary alicyclic amines) is 2. The first-order chi connectivity index (χ1) is 23.3. The second-order valence-corrected chi connectivity index (χ2v) is 13.5. The predicted octanol–water partition coefficient (Wildman–Crippen LogP) is 2.91. The number of urea groups is 1. The largest absolute Gasteiger partial charge is 0.378 e. The Morgan fingerprint density at radius 2 is 1.21 bits per heavy atom. The standard InChI is InChI=1S/C37H42N6O5/c1-48-33-21-43(20-30(33)38)37(47)39-25-14-12-24(13-15-25)36(46)42-18-28(34(44)40-31-16-26(31)22-8-4-2-5-9-22)29(19-42)35(45)41-32-17-27(32)23-10-6-3-7-11-23/h2-15,26-33H,16-21,38H2,1H3,(H,39,47)(H,40,44)(H,41,45)/t26-,27-,28-,29-,30+,31+,32+,33+/m1/s1. The number of rotatable bonds is 9. The van der Waals surface area contributed by atoms with Crippen molar-refractivity contribution < 1.29 is 23.9 Å². The number of ether oxygens (including phenoxy) is 1. The van der Waals surface area contributed by atoms with Gasteiger partial charge in [0.05, 0.1) is 30.5 Å². The topological polar surface area (TPSA) is 146 Å². The fraction of sp³-hybridized carbons (Fsp3) is 0.405. The average Bonchev–Trinajstić information content (AvgIpc) is 3.97. The van der Waals surface area contributed by atoms with Crippen molar-refractivity contribution in [2.75, 3.05) is 38.6 Å². The van der Waals surface area contributed by atoms with Crippen LogP contribution in [0.15, 0.2) is 84.9 Å². The van der Waals surface area contributed by atoms with Crippen molar-refractivity contribution in [1.82, 2.24) is 20.4 Å². The second kappa shape index (κ2) is 13.4. The van der Waals surface area contributed by atoms with E-state index in [0.717, 1.165) is 12.8 Å². The molecule has 4 aliphatic rings. The van der Waals surface area contributed by atoms with Crippen molar-refractivity contribution >= 4 is 29.4 Å². The molecule has 4 fully saturated rings. The summed E-state index contributed by atoms with van der Waals surface area (Å²) in [6.07, 6.45) is 1.49. The van der Waals surface area contributed by atoms with E-state index >= 15 is 0 Å². The molecule has 7 rings (SSSR count). The third kappa shape index (κ3) is 6.79. The van der Waals surface area contributed by atoms with Crippen LogP contribution in [0.3, 0.4) is 0 Å². The summed E-state index contributed by atoms with van der Waals surface area (Å²) < 4.78 is 5.34. The van der Waals surface area contributed by atoms with Crippen molar-refractivity contribution in [3.05, 3.63) is 102 Å². The van der Waals surface area contributed by atoms with E-state index in [1.807, 2.05) is 36.4 Å². The Morgan fingerprint density at radius 1 is 0.688 bits per heavy atom. The second-order valence-electron chi connectivity index (χ2n) is 13.5. The number of carbonyl (C=O) groups excluding carboxylic acids is 4. The molecule has 48 heavy (non-hydrogen) atoms. The number of methoxy groups -OCH3 is 1. The van der Waals surface area contributed by atoms with Gasteiger partial charge in [0.2, 0.25) is 11.8 Å². The number of nitrogens with zero attached hydrogens (tertiary/aromatic N) is 2. The van der Waals surface area contributed by atoms with Crippen LogP contribution in [-0.2, 0) is 14.3 Å². The van der Waals surface area contributed by atoms with E-state index in [9.17, 15) is 19.2 Å². The zero-order valence-electron chi connectivity index (χ0n) is 27.0. The first-order valence-electron chi connectivity index (χ1n) is 16.7. The van der Waals surface area contributed by atoms with Gasteiger partial charge in [-0.1, -0.05) is 60.7 Å². The summed E-state index contributed by atoms with van der Waals surface area (Å²) >= 11 is 0. The van der Waals surface area contributed by atoms with Gasteiger partial charge in [-0.2, -0.15) is 0 Å². The Balaban J connectivity index is 1.00. The first-order valence-corrected chi connectivity index (χ1v) is 16.7. The number of hydrogen-bond acceptors (Lipinski definition) is 6. The monoisotopic (exact) mass is 650 g/mol. The molecule has 8 atom stereocenters. The van der Waals surface area contributed by atoms with Gasteiger partial charge in [0, 0.05) is 61.9 Å². The maximum absolute atomic E-state index is 13.7. The lowest BCUT2D eigenvalue weighted by atomic mass is 9.94. The highest BCUT2D eigenvalue weighted by Gasteiger charge is 2.49. The third-order valence-corrected chi connectivity index (χ3v) is 10.3. The lowest BCUT2D eigenvalue weighted by Crippen LogP contribution is -2.43. The minimum atomic E-state index is -0.666. The third-order valence-electron chi connectivity index (χ3n) is 10.3. The van der Waals surface area contributed by atoms with E-state index in [4.69, 9.17) is 10.5 Å². The van der Waals surface area contributed by atoms with Crippen LogP contribution in [0.25, 0.3) is 0 Å². The normalized spacial score (nSPS) is 28.9. The molecule has 2 heterocycles. The quantitative estimate of drug-likeness (QED) is 0.280. The van der Waals surface area contributed by atoms with E-state index in [2.05, 4.69) is 40.2 Å². The van der Waals surface area contributed by atoms with Crippen molar-refractivity contribution in [2.45, 2.75) is 48.9 Å². The van der Waals surface area contributed by atoms with Gasteiger partial charge >= 0.3 is 6.03 Å². The molecule has 2 saturated carbocycles.